The molecule has 0 aliphatic heterocycles. The molecule has 2 aromatic rings. The molecule has 0 spiro atoms. The molecule has 0 heterocycles. The van der Waals surface area contributed by atoms with Crippen molar-refractivity contribution in [3.63, 3.8) is 0 Å². The summed E-state index contributed by atoms with van der Waals surface area (Å²) in [6.07, 6.45) is 6.85. The maximum absolute atomic E-state index is 12.7. The van der Waals surface area contributed by atoms with Gasteiger partial charge in [-0.15, -0.1) is 6.58 Å². The van der Waals surface area contributed by atoms with Gasteiger partial charge < -0.3 is 9.47 Å². The number of hydrogen-bond donors (Lipinski definition) is 0. The number of carbonyl (C=O) groups excluding carboxylic acids is 1. The van der Waals surface area contributed by atoms with Gasteiger partial charge in [-0.05, 0) is 49.4 Å². The number of hydrogen-bond acceptors (Lipinski definition) is 4. The van der Waals surface area contributed by atoms with Crippen LogP contribution in [0.1, 0.15) is 50.2 Å². The van der Waals surface area contributed by atoms with Crippen molar-refractivity contribution in [3.8, 4) is 11.8 Å². The number of ether oxygens (including phenoxy) is 2. The molecule has 0 saturated heterocycles. The van der Waals surface area contributed by atoms with Crippen LogP contribution in [0.25, 0.3) is 5.57 Å². The van der Waals surface area contributed by atoms with Crippen LogP contribution in [0.3, 0.4) is 0 Å². The van der Waals surface area contributed by atoms with Crippen LogP contribution in [-0.2, 0) is 9.53 Å². The van der Waals surface area contributed by atoms with Gasteiger partial charge in [-0.3, -0.25) is 0 Å². The summed E-state index contributed by atoms with van der Waals surface area (Å²) >= 11 is 0. The lowest BCUT2D eigenvalue weighted by atomic mass is 9.93. The largest absolute Gasteiger partial charge is 0.494 e. The maximum Gasteiger partial charge on any atom is 0.349 e. The summed E-state index contributed by atoms with van der Waals surface area (Å²) in [5.74, 6) is 0.155. The van der Waals surface area contributed by atoms with E-state index in [1.54, 1.807) is 0 Å². The Morgan fingerprint density at radius 2 is 1.67 bits per heavy atom. The maximum atomic E-state index is 12.7. The summed E-state index contributed by atoms with van der Waals surface area (Å²) in [4.78, 5) is 12.7. The summed E-state index contributed by atoms with van der Waals surface area (Å²) in [5, 5.41) is 9.79. The molecule has 0 aliphatic carbocycles. The second-order valence-corrected chi connectivity index (χ2v) is 6.81. The van der Waals surface area contributed by atoms with E-state index in [2.05, 4.69) is 12.6 Å². The van der Waals surface area contributed by atoms with E-state index in [1.165, 1.54) is 0 Å². The van der Waals surface area contributed by atoms with Gasteiger partial charge >= 0.3 is 5.97 Å². The molecule has 0 bridgehead atoms. The Labute approximate surface area is 179 Å². The van der Waals surface area contributed by atoms with E-state index < -0.39 is 5.97 Å². The molecule has 4 nitrogen and oxygen atoms in total. The van der Waals surface area contributed by atoms with Crippen molar-refractivity contribution in [2.24, 2.45) is 0 Å². The van der Waals surface area contributed by atoms with Crippen molar-refractivity contribution in [2.75, 3.05) is 13.2 Å². The van der Waals surface area contributed by atoms with E-state index in [1.807, 2.05) is 67.6 Å². The van der Waals surface area contributed by atoms with Crippen LogP contribution >= 0.6 is 0 Å². The Morgan fingerprint density at radius 1 is 1.00 bits per heavy atom. The molecule has 0 amide bonds. The predicted octanol–water partition coefficient (Wildman–Crippen LogP) is 6.09. The monoisotopic (exact) mass is 403 g/mol. The Hall–Kier alpha value is -3.32. The van der Waals surface area contributed by atoms with Crippen LogP contribution < -0.4 is 4.74 Å². The van der Waals surface area contributed by atoms with Gasteiger partial charge in [0.15, 0.2) is 0 Å². The highest BCUT2D eigenvalue weighted by molar-refractivity contribution is 6.05. The quantitative estimate of drug-likeness (QED) is 0.141. The summed E-state index contributed by atoms with van der Waals surface area (Å²) in [6, 6.07) is 18.9. The fourth-order valence-corrected chi connectivity index (χ4v) is 3.13. The van der Waals surface area contributed by atoms with Gasteiger partial charge in [-0.2, -0.15) is 5.26 Å². The van der Waals surface area contributed by atoms with Gasteiger partial charge in [0, 0.05) is 5.57 Å². The molecule has 0 radical (unpaired) electrons. The van der Waals surface area contributed by atoms with Gasteiger partial charge in [-0.25, -0.2) is 4.79 Å². The third-order valence-corrected chi connectivity index (χ3v) is 4.62. The number of rotatable bonds is 12. The van der Waals surface area contributed by atoms with Crippen LogP contribution in [0.15, 0.2) is 72.8 Å². The standard InChI is InChI=1S/C26H29NO3/c1-3-5-6-7-8-12-19-30-26(28)24(20-27)25(21-13-10-9-11-14-21)22-15-17-23(18-16-22)29-4-2/h3,9-11,13-18H,1,4-8,12,19H2,2H3. The summed E-state index contributed by atoms with van der Waals surface area (Å²) in [6.45, 7) is 6.52. The Balaban J connectivity index is 2.22. The molecule has 0 unspecified atom stereocenters. The van der Waals surface area contributed by atoms with E-state index in [0.29, 0.717) is 18.8 Å². The molecule has 4 heteroatoms. The third-order valence-electron chi connectivity index (χ3n) is 4.62. The first kappa shape index (κ1) is 23.0. The van der Waals surface area contributed by atoms with E-state index in [4.69, 9.17) is 9.47 Å². The first-order chi connectivity index (χ1) is 14.7. The van der Waals surface area contributed by atoms with Gasteiger partial charge in [0.05, 0.1) is 13.2 Å². The summed E-state index contributed by atoms with van der Waals surface area (Å²) in [7, 11) is 0. The number of carbonyl (C=O) groups is 1. The molecular formula is C26H29NO3. The number of benzene rings is 2. The number of unbranched alkanes of at least 4 members (excludes halogenated alkanes) is 4. The van der Waals surface area contributed by atoms with Crippen molar-refractivity contribution < 1.29 is 14.3 Å². The van der Waals surface area contributed by atoms with Crippen molar-refractivity contribution in [2.45, 2.75) is 39.0 Å². The fourth-order valence-electron chi connectivity index (χ4n) is 3.13. The van der Waals surface area contributed by atoms with E-state index in [0.717, 1.165) is 49.0 Å². The predicted molar refractivity (Wildman–Crippen MR) is 120 cm³/mol. The van der Waals surface area contributed by atoms with Crippen LogP contribution in [0.5, 0.6) is 5.75 Å². The SMILES string of the molecule is C=CCCCCCCOC(=O)C(C#N)=C(c1ccccc1)c1ccc(OCC)cc1. The number of nitriles is 1. The lowest BCUT2D eigenvalue weighted by molar-refractivity contribution is -0.138. The minimum Gasteiger partial charge on any atom is -0.494 e. The Morgan fingerprint density at radius 3 is 2.30 bits per heavy atom. The lowest BCUT2D eigenvalue weighted by Crippen LogP contribution is -2.11. The first-order valence-electron chi connectivity index (χ1n) is 10.4. The Bertz CT molecular complexity index is 877. The van der Waals surface area contributed by atoms with Crippen LogP contribution in [0.4, 0.5) is 0 Å². The molecule has 2 rings (SSSR count). The second kappa shape index (κ2) is 13.0. The van der Waals surface area contributed by atoms with Gasteiger partial charge in [0.1, 0.15) is 17.4 Å². The normalized spacial score (nSPS) is 11.2. The molecular weight excluding hydrogens is 374 g/mol. The zero-order valence-electron chi connectivity index (χ0n) is 17.6. The van der Waals surface area contributed by atoms with Crippen LogP contribution in [0.2, 0.25) is 0 Å². The highest BCUT2D eigenvalue weighted by Crippen LogP contribution is 2.29. The average molecular weight is 404 g/mol. The minimum atomic E-state index is -0.587. The van der Waals surface area contributed by atoms with Crippen LogP contribution in [0, 0.1) is 11.3 Å². The first-order valence-corrected chi connectivity index (χ1v) is 10.4. The molecule has 0 atom stereocenters. The van der Waals surface area contributed by atoms with E-state index >= 15 is 0 Å². The zero-order valence-corrected chi connectivity index (χ0v) is 17.6. The van der Waals surface area contributed by atoms with E-state index in [-0.39, 0.29) is 5.57 Å². The Kier molecular flexibility index (Phi) is 9.96. The van der Waals surface area contributed by atoms with Crippen molar-refractivity contribution >= 4 is 11.5 Å². The minimum absolute atomic E-state index is 0.0111. The number of nitrogens with zero attached hydrogens (tertiary/aromatic N) is 1. The van der Waals surface area contributed by atoms with Gasteiger partial charge in [0.2, 0.25) is 0 Å². The summed E-state index contributed by atoms with van der Waals surface area (Å²) < 4.78 is 10.9. The van der Waals surface area contributed by atoms with Gasteiger partial charge in [0.25, 0.3) is 0 Å². The second-order valence-electron chi connectivity index (χ2n) is 6.81. The molecule has 0 aliphatic rings. The van der Waals surface area contributed by atoms with Crippen molar-refractivity contribution in [1.82, 2.24) is 0 Å². The lowest BCUT2D eigenvalue weighted by Gasteiger charge is -2.13. The highest BCUT2D eigenvalue weighted by Gasteiger charge is 2.20. The molecule has 2 aromatic carbocycles. The molecule has 0 aromatic heterocycles. The molecule has 0 fully saturated rings. The molecule has 156 valence electrons. The molecule has 30 heavy (non-hydrogen) atoms. The van der Waals surface area contributed by atoms with Crippen molar-refractivity contribution in [1.29, 1.82) is 5.26 Å². The average Bonchev–Trinajstić information content (AvgIpc) is 2.78. The smallest absolute Gasteiger partial charge is 0.349 e. The van der Waals surface area contributed by atoms with E-state index in [9.17, 15) is 10.1 Å². The topological polar surface area (TPSA) is 59.3 Å². The molecule has 0 N–H and O–H groups in total. The molecule has 0 saturated carbocycles. The highest BCUT2D eigenvalue weighted by atomic mass is 16.5. The number of allylic oxidation sites excluding steroid dienone is 1. The number of esters is 1. The van der Waals surface area contributed by atoms with Gasteiger partial charge in [-0.1, -0.05) is 61.4 Å². The fraction of sp³-hybridized carbons (Fsp3) is 0.308. The van der Waals surface area contributed by atoms with Crippen LogP contribution in [-0.4, -0.2) is 19.2 Å². The summed E-state index contributed by atoms with van der Waals surface area (Å²) in [5.41, 5.74) is 2.14. The zero-order chi connectivity index (χ0) is 21.6. The van der Waals surface area contributed by atoms with Crippen molar-refractivity contribution in [3.05, 3.63) is 84.0 Å². The third kappa shape index (κ3) is 6.93.